The summed E-state index contributed by atoms with van der Waals surface area (Å²) in [4.78, 5) is 2.14. The van der Waals surface area contributed by atoms with Crippen molar-refractivity contribution in [2.45, 2.75) is 27.7 Å². The second-order valence-corrected chi connectivity index (χ2v) is 2.36. The molecule has 0 rings (SSSR count). The van der Waals surface area contributed by atoms with Crippen molar-refractivity contribution in [3.05, 3.63) is 12.8 Å². The number of rotatable bonds is 5. The van der Waals surface area contributed by atoms with Crippen LogP contribution in [-0.2, 0) is 0 Å². The lowest BCUT2D eigenvalue weighted by Gasteiger charge is -2.12. The standard InChI is InChI=1S/C6H13N.C4H11N/c1-4-7(5-2)6-3;1-3-5-4-2/h4H,1,5-6H2,2-3H3;5H,3-4H2,1-2H3. The van der Waals surface area contributed by atoms with Crippen molar-refractivity contribution in [1.82, 2.24) is 10.2 Å². The lowest BCUT2D eigenvalue weighted by Crippen LogP contribution is -2.14. The van der Waals surface area contributed by atoms with Crippen molar-refractivity contribution >= 4 is 0 Å². The van der Waals surface area contributed by atoms with Gasteiger partial charge in [-0.2, -0.15) is 0 Å². The summed E-state index contributed by atoms with van der Waals surface area (Å²) in [7, 11) is 0. The SMILES string of the molecule is C=CN(CC)CC.CCNCC. The summed E-state index contributed by atoms with van der Waals surface area (Å²) < 4.78 is 0. The Bertz CT molecular complexity index is 75.9. The van der Waals surface area contributed by atoms with Crippen LogP contribution in [0.5, 0.6) is 0 Å². The number of hydrogen-bond acceptors (Lipinski definition) is 2. The van der Waals surface area contributed by atoms with Gasteiger partial charge in [-0.05, 0) is 33.1 Å². The first-order valence-corrected chi connectivity index (χ1v) is 4.83. The first kappa shape index (κ1) is 14.0. The fourth-order valence-electron chi connectivity index (χ4n) is 0.732. The van der Waals surface area contributed by atoms with Crippen LogP contribution >= 0.6 is 0 Å². The number of nitrogens with zero attached hydrogens (tertiary/aromatic N) is 1. The van der Waals surface area contributed by atoms with E-state index in [1.54, 1.807) is 0 Å². The monoisotopic (exact) mass is 172 g/mol. The molecule has 0 radical (unpaired) electrons. The summed E-state index contributed by atoms with van der Waals surface area (Å²) in [6.07, 6.45) is 1.86. The molecule has 1 N–H and O–H groups in total. The maximum absolute atomic E-state index is 3.63. The molecule has 74 valence electrons. The molecule has 0 spiro atoms. The van der Waals surface area contributed by atoms with Gasteiger partial charge in [0.15, 0.2) is 0 Å². The van der Waals surface area contributed by atoms with E-state index in [0.29, 0.717) is 0 Å². The molecule has 0 fully saturated rings. The van der Waals surface area contributed by atoms with Crippen LogP contribution in [0.15, 0.2) is 12.8 Å². The molecule has 0 atom stereocenters. The van der Waals surface area contributed by atoms with Crippen LogP contribution in [0.4, 0.5) is 0 Å². The van der Waals surface area contributed by atoms with Gasteiger partial charge >= 0.3 is 0 Å². The van der Waals surface area contributed by atoms with E-state index >= 15 is 0 Å². The Morgan fingerprint density at radius 2 is 1.50 bits per heavy atom. The van der Waals surface area contributed by atoms with Crippen LogP contribution in [-0.4, -0.2) is 31.1 Å². The molecule has 2 nitrogen and oxygen atoms in total. The Labute approximate surface area is 77.6 Å². The molecule has 0 aliphatic heterocycles. The van der Waals surface area contributed by atoms with Crippen molar-refractivity contribution in [3.8, 4) is 0 Å². The Kier molecular flexibility index (Phi) is 15.4. The maximum atomic E-state index is 3.63. The zero-order chi connectivity index (χ0) is 9.82. The van der Waals surface area contributed by atoms with Gasteiger partial charge in [0, 0.05) is 13.1 Å². The molecule has 0 aliphatic rings. The first-order chi connectivity index (χ1) is 5.76. The highest BCUT2D eigenvalue weighted by Crippen LogP contribution is 1.82. The van der Waals surface area contributed by atoms with Gasteiger partial charge in [0.25, 0.3) is 0 Å². The average Bonchev–Trinajstić information content (AvgIpc) is 2.10. The van der Waals surface area contributed by atoms with Gasteiger partial charge in [0.05, 0.1) is 0 Å². The summed E-state index contributed by atoms with van der Waals surface area (Å²) in [5, 5.41) is 3.11. The molecule has 0 saturated carbocycles. The van der Waals surface area contributed by atoms with E-state index in [0.717, 1.165) is 26.2 Å². The first-order valence-electron chi connectivity index (χ1n) is 4.83. The third-order valence-electron chi connectivity index (χ3n) is 1.57. The summed E-state index contributed by atoms with van der Waals surface area (Å²) in [6, 6.07) is 0. The number of hydrogen-bond donors (Lipinski definition) is 1. The molecule has 0 saturated heterocycles. The minimum Gasteiger partial charge on any atom is -0.378 e. The van der Waals surface area contributed by atoms with Crippen molar-refractivity contribution in [2.75, 3.05) is 26.2 Å². The van der Waals surface area contributed by atoms with Gasteiger partial charge < -0.3 is 10.2 Å². The minimum atomic E-state index is 1.07. The van der Waals surface area contributed by atoms with Crippen molar-refractivity contribution in [3.63, 3.8) is 0 Å². The minimum absolute atomic E-state index is 1.07. The van der Waals surface area contributed by atoms with Crippen molar-refractivity contribution < 1.29 is 0 Å². The van der Waals surface area contributed by atoms with Gasteiger partial charge in [-0.15, -0.1) is 0 Å². The Hall–Kier alpha value is -0.500. The molecular weight excluding hydrogens is 148 g/mol. The highest BCUT2D eigenvalue weighted by atomic mass is 15.1. The van der Waals surface area contributed by atoms with E-state index < -0.39 is 0 Å². The van der Waals surface area contributed by atoms with E-state index in [1.807, 2.05) is 6.20 Å². The zero-order valence-corrected chi connectivity index (χ0v) is 9.06. The van der Waals surface area contributed by atoms with Gasteiger partial charge in [-0.3, -0.25) is 0 Å². The molecule has 0 aromatic heterocycles. The molecule has 12 heavy (non-hydrogen) atoms. The van der Waals surface area contributed by atoms with Gasteiger partial charge in [-0.25, -0.2) is 0 Å². The predicted octanol–water partition coefficient (Wildman–Crippen LogP) is 2.09. The Balaban J connectivity index is 0. The van der Waals surface area contributed by atoms with Crippen LogP contribution in [0.1, 0.15) is 27.7 Å². The molecule has 0 aromatic rings. The van der Waals surface area contributed by atoms with E-state index in [4.69, 9.17) is 0 Å². The molecule has 0 aliphatic carbocycles. The van der Waals surface area contributed by atoms with E-state index in [9.17, 15) is 0 Å². The van der Waals surface area contributed by atoms with E-state index in [1.165, 1.54) is 0 Å². The normalized spacial score (nSPS) is 8.33. The third kappa shape index (κ3) is 12.2. The topological polar surface area (TPSA) is 15.3 Å². The maximum Gasteiger partial charge on any atom is 0.0143 e. The van der Waals surface area contributed by atoms with Crippen LogP contribution < -0.4 is 5.32 Å². The van der Waals surface area contributed by atoms with Crippen molar-refractivity contribution in [2.24, 2.45) is 0 Å². The number of nitrogens with one attached hydrogen (secondary N) is 1. The molecule has 0 heterocycles. The highest BCUT2D eigenvalue weighted by molar-refractivity contribution is 4.66. The lowest BCUT2D eigenvalue weighted by atomic mass is 10.5. The highest BCUT2D eigenvalue weighted by Gasteiger charge is 1.83. The summed E-state index contributed by atoms with van der Waals surface area (Å²) in [5.41, 5.74) is 0. The summed E-state index contributed by atoms with van der Waals surface area (Å²) >= 11 is 0. The van der Waals surface area contributed by atoms with Gasteiger partial charge in [-0.1, -0.05) is 20.4 Å². The predicted molar refractivity (Wildman–Crippen MR) is 57.3 cm³/mol. The second-order valence-electron chi connectivity index (χ2n) is 2.36. The average molecular weight is 172 g/mol. The zero-order valence-electron chi connectivity index (χ0n) is 9.06. The smallest absolute Gasteiger partial charge is 0.0143 e. The van der Waals surface area contributed by atoms with E-state index in [2.05, 4.69) is 44.5 Å². The summed E-state index contributed by atoms with van der Waals surface area (Å²) in [6.45, 7) is 16.4. The van der Waals surface area contributed by atoms with Crippen LogP contribution in [0, 0.1) is 0 Å². The Morgan fingerprint density at radius 3 is 1.50 bits per heavy atom. The lowest BCUT2D eigenvalue weighted by molar-refractivity contribution is 0.420. The molecule has 0 unspecified atom stereocenters. The van der Waals surface area contributed by atoms with Gasteiger partial charge in [0.2, 0.25) is 0 Å². The Morgan fingerprint density at radius 1 is 1.08 bits per heavy atom. The van der Waals surface area contributed by atoms with Gasteiger partial charge in [0.1, 0.15) is 0 Å². The van der Waals surface area contributed by atoms with Crippen LogP contribution in [0.2, 0.25) is 0 Å². The molecule has 2 heteroatoms. The van der Waals surface area contributed by atoms with Crippen molar-refractivity contribution in [1.29, 1.82) is 0 Å². The van der Waals surface area contributed by atoms with Crippen LogP contribution in [0.3, 0.4) is 0 Å². The molecule has 0 aromatic carbocycles. The molecule has 0 bridgehead atoms. The molecular formula is C10H24N2. The summed E-state index contributed by atoms with van der Waals surface area (Å²) in [5.74, 6) is 0. The third-order valence-corrected chi connectivity index (χ3v) is 1.57. The molecule has 0 amide bonds. The fourth-order valence-corrected chi connectivity index (χ4v) is 0.732. The fraction of sp³-hybridized carbons (Fsp3) is 0.800. The van der Waals surface area contributed by atoms with Crippen LogP contribution in [0.25, 0.3) is 0 Å². The largest absolute Gasteiger partial charge is 0.378 e. The quantitative estimate of drug-likeness (QED) is 0.683. The van der Waals surface area contributed by atoms with E-state index in [-0.39, 0.29) is 0 Å². The second kappa shape index (κ2) is 13.1.